The van der Waals surface area contributed by atoms with E-state index in [1.807, 2.05) is 6.07 Å². The van der Waals surface area contributed by atoms with Crippen molar-refractivity contribution in [1.29, 1.82) is 0 Å². The van der Waals surface area contributed by atoms with Crippen LogP contribution in [0.15, 0.2) is 49.2 Å². The maximum absolute atomic E-state index is 14.7. The summed E-state index contributed by atoms with van der Waals surface area (Å²) in [5, 5.41) is 6.99. The largest absolute Gasteiger partial charge is 0.381 e. The first-order chi connectivity index (χ1) is 16.0. The average molecular weight is 449 g/mol. The van der Waals surface area contributed by atoms with Crippen molar-refractivity contribution in [2.75, 3.05) is 38.0 Å². The predicted molar refractivity (Wildman–Crippen MR) is 114 cm³/mol. The van der Waals surface area contributed by atoms with Crippen LogP contribution in [0.4, 0.5) is 10.1 Å². The third-order valence-corrected chi connectivity index (χ3v) is 5.92. The van der Waals surface area contributed by atoms with Gasteiger partial charge >= 0.3 is 0 Å². The van der Waals surface area contributed by atoms with Gasteiger partial charge in [0.25, 0.3) is 11.8 Å². The van der Waals surface area contributed by atoms with Gasteiger partial charge in [-0.2, -0.15) is 5.10 Å². The van der Waals surface area contributed by atoms with Crippen LogP contribution in [-0.2, 0) is 9.59 Å². The van der Waals surface area contributed by atoms with Gasteiger partial charge in [-0.1, -0.05) is 18.2 Å². The summed E-state index contributed by atoms with van der Waals surface area (Å²) in [6.07, 6.45) is 3.75. The molecular formula is C22H20FN7O3. The third-order valence-electron chi connectivity index (χ3n) is 5.92. The van der Waals surface area contributed by atoms with Crippen molar-refractivity contribution in [1.82, 2.24) is 29.5 Å². The zero-order chi connectivity index (χ0) is 22.9. The molecule has 1 atom stereocenters. The molecule has 2 aliphatic heterocycles. The molecule has 0 saturated carbocycles. The van der Waals surface area contributed by atoms with E-state index >= 15 is 0 Å². The first-order valence-corrected chi connectivity index (χ1v) is 10.5. The molecule has 0 spiro atoms. The van der Waals surface area contributed by atoms with Crippen LogP contribution in [0.3, 0.4) is 0 Å². The Kier molecular flexibility index (Phi) is 5.29. The normalized spacial score (nSPS) is 17.4. The minimum Gasteiger partial charge on any atom is -0.381 e. The molecule has 11 heteroatoms. The molecule has 5 rings (SSSR count). The van der Waals surface area contributed by atoms with E-state index in [2.05, 4.69) is 20.4 Å². The van der Waals surface area contributed by atoms with Gasteiger partial charge < -0.3 is 15.1 Å². The van der Waals surface area contributed by atoms with Crippen molar-refractivity contribution in [2.24, 2.45) is 0 Å². The summed E-state index contributed by atoms with van der Waals surface area (Å²) in [5.74, 6) is -2.82. The van der Waals surface area contributed by atoms with Crippen LogP contribution in [-0.4, -0.2) is 79.9 Å². The van der Waals surface area contributed by atoms with Gasteiger partial charge in [0.15, 0.2) is 5.82 Å². The number of anilines is 1. The number of rotatable bonds is 4. The van der Waals surface area contributed by atoms with E-state index < -0.39 is 23.4 Å². The van der Waals surface area contributed by atoms with Crippen molar-refractivity contribution in [3.63, 3.8) is 0 Å². The number of ketones is 1. The minimum absolute atomic E-state index is 0.0800. The standard InChI is InChI=1S/C22H20FN7O3/c23-16-11-26-20(30-13-24-12-27-30)18-17(16)15(10-25-18)19(31)22(33)29-8-6-28(7-9-29)21(32)14-4-2-1-3-5-14/h1-5,11-13,15,25H,6-10H2. The molecule has 0 radical (unpaired) electrons. The number of aromatic nitrogens is 4. The molecule has 1 aromatic carbocycles. The molecule has 10 nitrogen and oxygen atoms in total. The molecule has 1 fully saturated rings. The quantitative estimate of drug-likeness (QED) is 0.588. The lowest BCUT2D eigenvalue weighted by molar-refractivity contribution is -0.146. The molecule has 2 aromatic heterocycles. The van der Waals surface area contributed by atoms with Crippen LogP contribution in [0.2, 0.25) is 0 Å². The lowest BCUT2D eigenvalue weighted by Crippen LogP contribution is -2.52. The highest BCUT2D eigenvalue weighted by molar-refractivity contribution is 6.38. The number of nitrogens with zero attached hydrogens (tertiary/aromatic N) is 6. The maximum Gasteiger partial charge on any atom is 0.290 e. The topological polar surface area (TPSA) is 113 Å². The number of amides is 2. The molecule has 1 unspecified atom stereocenters. The Hall–Kier alpha value is -4.15. The lowest BCUT2D eigenvalue weighted by atomic mass is 9.96. The van der Waals surface area contributed by atoms with Crippen LogP contribution in [0.25, 0.3) is 5.82 Å². The van der Waals surface area contributed by atoms with E-state index in [-0.39, 0.29) is 31.1 Å². The second kappa shape index (κ2) is 8.41. The second-order valence-electron chi connectivity index (χ2n) is 7.81. The number of hydrogen-bond acceptors (Lipinski definition) is 7. The molecule has 2 aliphatic rings. The predicted octanol–water partition coefficient (Wildman–Crippen LogP) is 0.864. The summed E-state index contributed by atoms with van der Waals surface area (Å²) in [6, 6.07) is 8.91. The highest BCUT2D eigenvalue weighted by Gasteiger charge is 2.39. The summed E-state index contributed by atoms with van der Waals surface area (Å²) >= 11 is 0. The minimum atomic E-state index is -0.971. The number of carbonyl (C=O) groups excluding carboxylic acids is 3. The fourth-order valence-electron chi connectivity index (χ4n) is 4.21. The number of Topliss-reactive ketones (excluding diaryl/α,β-unsaturated/α-hetero) is 1. The number of piperazine rings is 1. The van der Waals surface area contributed by atoms with Gasteiger partial charge in [0.2, 0.25) is 5.78 Å². The molecule has 33 heavy (non-hydrogen) atoms. The van der Waals surface area contributed by atoms with Gasteiger partial charge in [0.1, 0.15) is 18.5 Å². The van der Waals surface area contributed by atoms with Crippen molar-refractivity contribution < 1.29 is 18.8 Å². The van der Waals surface area contributed by atoms with Crippen molar-refractivity contribution in [3.05, 3.63) is 66.1 Å². The van der Waals surface area contributed by atoms with Crippen LogP contribution in [0, 0.1) is 5.82 Å². The summed E-state index contributed by atoms with van der Waals surface area (Å²) in [7, 11) is 0. The Morgan fingerprint density at radius 1 is 1.03 bits per heavy atom. The van der Waals surface area contributed by atoms with Crippen molar-refractivity contribution >= 4 is 23.3 Å². The number of benzene rings is 1. The summed E-state index contributed by atoms with van der Waals surface area (Å²) < 4.78 is 16.0. The fraction of sp³-hybridized carbons (Fsp3) is 0.273. The van der Waals surface area contributed by atoms with Gasteiger partial charge in [-0.25, -0.2) is 19.0 Å². The number of fused-ring (bicyclic) bond motifs is 1. The van der Waals surface area contributed by atoms with Gasteiger partial charge in [0.05, 0.1) is 17.8 Å². The zero-order valence-corrected chi connectivity index (χ0v) is 17.5. The molecule has 4 heterocycles. The van der Waals surface area contributed by atoms with Crippen molar-refractivity contribution in [3.8, 4) is 5.82 Å². The molecule has 3 aromatic rings. The van der Waals surface area contributed by atoms with E-state index in [1.54, 1.807) is 29.2 Å². The summed E-state index contributed by atoms with van der Waals surface area (Å²) in [5.41, 5.74) is 1.01. The maximum atomic E-state index is 14.7. The number of hydrogen-bond donors (Lipinski definition) is 1. The Morgan fingerprint density at radius 3 is 2.45 bits per heavy atom. The molecule has 1 N–H and O–H groups in total. The molecule has 2 amide bonds. The van der Waals surface area contributed by atoms with E-state index in [0.29, 0.717) is 30.2 Å². The van der Waals surface area contributed by atoms with E-state index in [4.69, 9.17) is 0 Å². The summed E-state index contributed by atoms with van der Waals surface area (Å²) in [6.45, 7) is 1.19. The monoisotopic (exact) mass is 449 g/mol. The van der Waals surface area contributed by atoms with Crippen LogP contribution in [0.5, 0.6) is 0 Å². The highest BCUT2D eigenvalue weighted by Crippen LogP contribution is 2.37. The Balaban J connectivity index is 1.29. The van der Waals surface area contributed by atoms with Crippen LogP contribution in [0.1, 0.15) is 21.8 Å². The molecular weight excluding hydrogens is 429 g/mol. The molecule has 168 valence electrons. The first kappa shape index (κ1) is 20.7. The van der Waals surface area contributed by atoms with Gasteiger partial charge in [-0.3, -0.25) is 14.4 Å². The molecule has 0 aliphatic carbocycles. The second-order valence-corrected chi connectivity index (χ2v) is 7.81. The number of nitrogens with one attached hydrogen (secondary N) is 1. The Morgan fingerprint density at radius 2 is 1.76 bits per heavy atom. The van der Waals surface area contributed by atoms with E-state index in [9.17, 15) is 18.8 Å². The first-order valence-electron chi connectivity index (χ1n) is 10.5. The number of halogens is 1. The number of pyridine rings is 1. The van der Waals surface area contributed by atoms with Crippen LogP contribution >= 0.6 is 0 Å². The molecule has 0 bridgehead atoms. The Bertz CT molecular complexity index is 1210. The smallest absolute Gasteiger partial charge is 0.290 e. The Labute approximate surface area is 188 Å². The van der Waals surface area contributed by atoms with E-state index in [1.165, 1.54) is 22.2 Å². The van der Waals surface area contributed by atoms with E-state index in [0.717, 1.165) is 6.20 Å². The van der Waals surface area contributed by atoms with Gasteiger partial charge in [-0.15, -0.1) is 0 Å². The fourth-order valence-corrected chi connectivity index (χ4v) is 4.21. The SMILES string of the molecule is O=C(C(=O)N1CCN(C(=O)c2ccccc2)CC1)C1CNc2c(-n3cncn3)ncc(F)c21. The summed E-state index contributed by atoms with van der Waals surface area (Å²) in [4.78, 5) is 49.6. The van der Waals surface area contributed by atoms with Gasteiger partial charge in [0, 0.05) is 43.9 Å². The zero-order valence-electron chi connectivity index (χ0n) is 17.5. The van der Waals surface area contributed by atoms with Crippen LogP contribution < -0.4 is 5.32 Å². The number of carbonyl (C=O) groups is 3. The lowest BCUT2D eigenvalue weighted by Gasteiger charge is -2.34. The highest BCUT2D eigenvalue weighted by atomic mass is 19.1. The van der Waals surface area contributed by atoms with Gasteiger partial charge in [-0.05, 0) is 12.1 Å². The molecule has 1 saturated heterocycles. The average Bonchev–Trinajstić information content (AvgIpc) is 3.55. The third kappa shape index (κ3) is 3.71. The van der Waals surface area contributed by atoms with Crippen molar-refractivity contribution in [2.45, 2.75) is 5.92 Å².